The molecule has 1 aliphatic carbocycles. The van der Waals surface area contributed by atoms with E-state index in [0.717, 1.165) is 18.1 Å². The summed E-state index contributed by atoms with van der Waals surface area (Å²) in [7, 11) is 0. The standard InChI is InChI=1S/C16H22N2S/c1-11(2)16-18-14-8-7-12(9-15(14)19-16)10-17-13-5-3-4-6-13/h7-9,11,13,17H,3-6,10H2,1-2H3. The van der Waals surface area contributed by atoms with E-state index in [-0.39, 0.29) is 0 Å². The second kappa shape index (κ2) is 5.59. The molecule has 0 bridgehead atoms. The number of nitrogens with one attached hydrogen (secondary N) is 1. The molecule has 2 aromatic rings. The van der Waals surface area contributed by atoms with Crippen molar-refractivity contribution in [2.24, 2.45) is 0 Å². The lowest BCUT2D eigenvalue weighted by Crippen LogP contribution is -2.25. The number of hydrogen-bond donors (Lipinski definition) is 1. The summed E-state index contributed by atoms with van der Waals surface area (Å²) in [6, 6.07) is 7.43. The minimum absolute atomic E-state index is 0.525. The Morgan fingerprint density at radius 1 is 1.32 bits per heavy atom. The van der Waals surface area contributed by atoms with E-state index in [4.69, 9.17) is 0 Å². The molecule has 0 radical (unpaired) electrons. The summed E-state index contributed by atoms with van der Waals surface area (Å²) < 4.78 is 1.33. The molecule has 1 aliphatic rings. The monoisotopic (exact) mass is 274 g/mol. The molecule has 1 fully saturated rings. The highest BCUT2D eigenvalue weighted by Crippen LogP contribution is 2.28. The highest BCUT2D eigenvalue weighted by atomic mass is 32.1. The van der Waals surface area contributed by atoms with Crippen LogP contribution in [0.15, 0.2) is 18.2 Å². The summed E-state index contributed by atoms with van der Waals surface area (Å²) in [6.45, 7) is 5.41. The minimum Gasteiger partial charge on any atom is -0.310 e. The summed E-state index contributed by atoms with van der Waals surface area (Å²) in [5.41, 5.74) is 2.54. The number of aromatic nitrogens is 1. The van der Waals surface area contributed by atoms with Crippen molar-refractivity contribution in [3.63, 3.8) is 0 Å². The summed E-state index contributed by atoms with van der Waals surface area (Å²) in [4.78, 5) is 4.69. The van der Waals surface area contributed by atoms with Gasteiger partial charge in [-0.25, -0.2) is 4.98 Å². The summed E-state index contributed by atoms with van der Waals surface area (Å²) >= 11 is 1.84. The molecule has 1 saturated carbocycles. The van der Waals surface area contributed by atoms with Crippen LogP contribution in [0.3, 0.4) is 0 Å². The van der Waals surface area contributed by atoms with Gasteiger partial charge in [-0.1, -0.05) is 32.8 Å². The lowest BCUT2D eigenvalue weighted by atomic mass is 10.2. The van der Waals surface area contributed by atoms with Crippen LogP contribution in [0.5, 0.6) is 0 Å². The first-order chi connectivity index (χ1) is 9.22. The Kier molecular flexibility index (Phi) is 3.85. The number of benzene rings is 1. The molecule has 1 aromatic carbocycles. The number of rotatable bonds is 4. The summed E-state index contributed by atoms with van der Waals surface area (Å²) in [5, 5.41) is 4.92. The van der Waals surface area contributed by atoms with Gasteiger partial charge < -0.3 is 5.32 Å². The third kappa shape index (κ3) is 2.98. The molecule has 2 nitrogen and oxygen atoms in total. The zero-order valence-electron chi connectivity index (χ0n) is 11.8. The van der Waals surface area contributed by atoms with Gasteiger partial charge in [0.15, 0.2) is 0 Å². The average molecular weight is 274 g/mol. The van der Waals surface area contributed by atoms with Crippen molar-refractivity contribution in [1.29, 1.82) is 0 Å². The van der Waals surface area contributed by atoms with Gasteiger partial charge in [-0.15, -0.1) is 11.3 Å². The van der Waals surface area contributed by atoms with Crippen molar-refractivity contribution in [2.75, 3.05) is 0 Å². The van der Waals surface area contributed by atoms with Crippen molar-refractivity contribution >= 4 is 21.6 Å². The molecule has 3 rings (SSSR count). The van der Waals surface area contributed by atoms with Gasteiger partial charge in [0.25, 0.3) is 0 Å². The zero-order chi connectivity index (χ0) is 13.2. The smallest absolute Gasteiger partial charge is 0.0963 e. The van der Waals surface area contributed by atoms with E-state index < -0.39 is 0 Å². The van der Waals surface area contributed by atoms with Gasteiger partial charge in [0.05, 0.1) is 15.2 Å². The third-order valence-corrected chi connectivity index (χ3v) is 5.23. The van der Waals surface area contributed by atoms with Crippen LogP contribution >= 0.6 is 11.3 Å². The Morgan fingerprint density at radius 2 is 2.11 bits per heavy atom. The zero-order valence-corrected chi connectivity index (χ0v) is 12.6. The number of fused-ring (bicyclic) bond motifs is 1. The molecule has 0 atom stereocenters. The van der Waals surface area contributed by atoms with Gasteiger partial charge in [0, 0.05) is 18.5 Å². The van der Waals surface area contributed by atoms with Crippen LogP contribution in [-0.2, 0) is 6.54 Å². The van der Waals surface area contributed by atoms with Gasteiger partial charge in [0.2, 0.25) is 0 Å². The molecule has 0 spiro atoms. The lowest BCUT2D eigenvalue weighted by Gasteiger charge is -2.11. The Bertz CT molecular complexity index is 553. The summed E-state index contributed by atoms with van der Waals surface area (Å²) in [6.07, 6.45) is 5.48. The van der Waals surface area contributed by atoms with Gasteiger partial charge in [-0.05, 0) is 30.5 Å². The molecule has 0 amide bonds. The second-order valence-electron chi connectivity index (χ2n) is 5.87. The number of hydrogen-bond acceptors (Lipinski definition) is 3. The lowest BCUT2D eigenvalue weighted by molar-refractivity contribution is 0.524. The average Bonchev–Trinajstić information content (AvgIpc) is 3.04. The molecule has 0 unspecified atom stereocenters. The topological polar surface area (TPSA) is 24.9 Å². The maximum Gasteiger partial charge on any atom is 0.0963 e. The van der Waals surface area contributed by atoms with Crippen molar-refractivity contribution in [1.82, 2.24) is 10.3 Å². The molecule has 3 heteroatoms. The first-order valence-corrected chi connectivity index (χ1v) is 8.17. The normalized spacial score (nSPS) is 16.8. The highest BCUT2D eigenvalue weighted by Gasteiger charge is 2.14. The quantitative estimate of drug-likeness (QED) is 0.891. The van der Waals surface area contributed by atoms with Crippen molar-refractivity contribution in [3.05, 3.63) is 28.8 Å². The van der Waals surface area contributed by atoms with Crippen LogP contribution in [0.2, 0.25) is 0 Å². The fraction of sp³-hybridized carbons (Fsp3) is 0.562. The van der Waals surface area contributed by atoms with E-state index in [9.17, 15) is 0 Å². The maximum absolute atomic E-state index is 4.69. The van der Waals surface area contributed by atoms with Crippen molar-refractivity contribution in [3.8, 4) is 0 Å². The predicted octanol–water partition coefficient (Wildman–Crippen LogP) is 4.45. The Balaban J connectivity index is 1.73. The van der Waals surface area contributed by atoms with Gasteiger partial charge in [-0.3, -0.25) is 0 Å². The van der Waals surface area contributed by atoms with E-state index in [1.807, 2.05) is 11.3 Å². The largest absolute Gasteiger partial charge is 0.310 e. The van der Waals surface area contributed by atoms with E-state index in [1.165, 1.54) is 41.0 Å². The van der Waals surface area contributed by atoms with E-state index in [0.29, 0.717) is 5.92 Å². The van der Waals surface area contributed by atoms with Crippen LogP contribution in [0, 0.1) is 0 Å². The SMILES string of the molecule is CC(C)c1nc2ccc(CNC3CCCC3)cc2s1. The maximum atomic E-state index is 4.69. The molecule has 0 saturated heterocycles. The van der Waals surface area contributed by atoms with Gasteiger partial charge in [0.1, 0.15) is 0 Å². The third-order valence-electron chi connectivity index (χ3n) is 3.91. The van der Waals surface area contributed by atoms with Crippen LogP contribution in [-0.4, -0.2) is 11.0 Å². The van der Waals surface area contributed by atoms with E-state index >= 15 is 0 Å². The van der Waals surface area contributed by atoms with E-state index in [1.54, 1.807) is 0 Å². The van der Waals surface area contributed by atoms with Gasteiger partial charge >= 0.3 is 0 Å². The molecule has 1 heterocycles. The molecular weight excluding hydrogens is 252 g/mol. The van der Waals surface area contributed by atoms with E-state index in [2.05, 4.69) is 42.3 Å². The van der Waals surface area contributed by atoms with Crippen LogP contribution < -0.4 is 5.32 Å². The fourth-order valence-corrected chi connectivity index (χ4v) is 3.77. The molecule has 102 valence electrons. The molecule has 1 N–H and O–H groups in total. The van der Waals surface area contributed by atoms with Crippen molar-refractivity contribution in [2.45, 2.75) is 58.0 Å². The Hall–Kier alpha value is -0.930. The minimum atomic E-state index is 0.525. The predicted molar refractivity (Wildman–Crippen MR) is 82.8 cm³/mol. The second-order valence-corrected chi connectivity index (χ2v) is 6.93. The summed E-state index contributed by atoms with van der Waals surface area (Å²) in [5.74, 6) is 0.525. The Morgan fingerprint density at radius 3 is 2.84 bits per heavy atom. The Labute approximate surface area is 119 Å². The first-order valence-electron chi connectivity index (χ1n) is 7.35. The van der Waals surface area contributed by atoms with Crippen LogP contribution in [0.25, 0.3) is 10.2 Å². The molecule has 1 aromatic heterocycles. The van der Waals surface area contributed by atoms with Crippen molar-refractivity contribution < 1.29 is 0 Å². The number of thiazole rings is 1. The highest BCUT2D eigenvalue weighted by molar-refractivity contribution is 7.18. The number of nitrogens with zero attached hydrogens (tertiary/aromatic N) is 1. The first kappa shape index (κ1) is 13.1. The van der Waals surface area contributed by atoms with Crippen LogP contribution in [0.1, 0.15) is 56.0 Å². The van der Waals surface area contributed by atoms with Gasteiger partial charge in [-0.2, -0.15) is 0 Å². The van der Waals surface area contributed by atoms with Crippen LogP contribution in [0.4, 0.5) is 0 Å². The molecule has 19 heavy (non-hydrogen) atoms. The molecular formula is C16H22N2S. The molecule has 0 aliphatic heterocycles. The fourth-order valence-electron chi connectivity index (χ4n) is 2.74.